The van der Waals surface area contributed by atoms with Gasteiger partial charge < -0.3 is 15.9 Å². The Hall–Kier alpha value is -1.29. The minimum Gasteiger partial charge on any atom is -0.504 e. The minimum absolute atomic E-state index is 0.183. The van der Waals surface area contributed by atoms with Crippen LogP contribution in [-0.2, 0) is 6.42 Å². The van der Waals surface area contributed by atoms with Crippen molar-refractivity contribution in [3.05, 3.63) is 23.8 Å². The molecule has 0 saturated heterocycles. The maximum atomic E-state index is 12.0. The Balaban J connectivity index is 2.73. The average molecular weight is 185 g/mol. The van der Waals surface area contributed by atoms with Crippen LogP contribution >= 0.6 is 0 Å². The molecule has 4 heteroatoms. The summed E-state index contributed by atoms with van der Waals surface area (Å²) in [7, 11) is 0. The molecule has 72 valence electrons. The Morgan fingerprint density at radius 3 is 2.54 bits per heavy atom. The van der Waals surface area contributed by atoms with Crippen LogP contribution in [0.2, 0.25) is 0 Å². The van der Waals surface area contributed by atoms with Crippen molar-refractivity contribution in [3.8, 4) is 11.5 Å². The number of alkyl halides is 1. The second-order valence-corrected chi connectivity index (χ2v) is 2.94. The summed E-state index contributed by atoms with van der Waals surface area (Å²) in [6.45, 7) is -0.596. The van der Waals surface area contributed by atoms with E-state index in [0.29, 0.717) is 12.0 Å². The minimum atomic E-state index is -0.596. The number of aromatic hydroxyl groups is 2. The maximum Gasteiger partial charge on any atom is 0.157 e. The van der Waals surface area contributed by atoms with E-state index in [1.807, 2.05) is 0 Å². The summed E-state index contributed by atoms with van der Waals surface area (Å²) in [4.78, 5) is 0. The van der Waals surface area contributed by atoms with E-state index >= 15 is 0 Å². The molecule has 0 aliphatic heterocycles. The van der Waals surface area contributed by atoms with E-state index in [4.69, 9.17) is 15.9 Å². The highest BCUT2D eigenvalue weighted by atomic mass is 19.1. The molecule has 1 unspecified atom stereocenters. The van der Waals surface area contributed by atoms with E-state index in [1.54, 1.807) is 6.07 Å². The third-order valence-electron chi connectivity index (χ3n) is 1.74. The fourth-order valence-electron chi connectivity index (χ4n) is 1.05. The molecule has 0 spiro atoms. The van der Waals surface area contributed by atoms with Gasteiger partial charge in [-0.25, -0.2) is 4.39 Å². The zero-order chi connectivity index (χ0) is 9.84. The highest BCUT2D eigenvalue weighted by Crippen LogP contribution is 2.25. The molecule has 0 fully saturated rings. The lowest BCUT2D eigenvalue weighted by Gasteiger charge is -2.07. The summed E-state index contributed by atoms with van der Waals surface area (Å²) in [6, 6.07) is 3.79. The number of halogens is 1. The van der Waals surface area contributed by atoms with Crippen molar-refractivity contribution >= 4 is 0 Å². The molecule has 0 saturated carbocycles. The Labute approximate surface area is 75.6 Å². The van der Waals surface area contributed by atoms with Gasteiger partial charge in [-0.1, -0.05) is 6.07 Å². The third kappa shape index (κ3) is 2.59. The second kappa shape index (κ2) is 4.09. The first-order valence-electron chi connectivity index (χ1n) is 3.96. The number of benzene rings is 1. The van der Waals surface area contributed by atoms with Crippen LogP contribution in [0, 0.1) is 0 Å². The largest absolute Gasteiger partial charge is 0.504 e. The normalized spacial score (nSPS) is 12.8. The van der Waals surface area contributed by atoms with Crippen molar-refractivity contribution in [3.63, 3.8) is 0 Å². The number of phenols is 2. The van der Waals surface area contributed by atoms with E-state index in [1.165, 1.54) is 12.1 Å². The average Bonchev–Trinajstić information content (AvgIpc) is 2.11. The van der Waals surface area contributed by atoms with Crippen LogP contribution in [0.3, 0.4) is 0 Å². The fraction of sp³-hybridized carbons (Fsp3) is 0.333. The molecule has 1 aromatic rings. The van der Waals surface area contributed by atoms with Crippen molar-refractivity contribution in [2.75, 3.05) is 6.67 Å². The van der Waals surface area contributed by atoms with Crippen molar-refractivity contribution in [1.29, 1.82) is 0 Å². The van der Waals surface area contributed by atoms with Gasteiger partial charge in [-0.2, -0.15) is 0 Å². The van der Waals surface area contributed by atoms with Gasteiger partial charge in [-0.3, -0.25) is 0 Å². The highest BCUT2D eigenvalue weighted by molar-refractivity contribution is 5.40. The molecule has 1 atom stereocenters. The van der Waals surface area contributed by atoms with Crippen molar-refractivity contribution < 1.29 is 14.6 Å². The second-order valence-electron chi connectivity index (χ2n) is 2.94. The first-order valence-corrected chi connectivity index (χ1v) is 3.96. The first kappa shape index (κ1) is 9.80. The Bertz CT molecular complexity index is 291. The molecular formula is C9H12FNO2. The molecule has 0 heterocycles. The van der Waals surface area contributed by atoms with Crippen LogP contribution in [0.5, 0.6) is 11.5 Å². The lowest BCUT2D eigenvalue weighted by Crippen LogP contribution is -2.24. The van der Waals surface area contributed by atoms with Crippen molar-refractivity contribution in [2.24, 2.45) is 5.73 Å². The number of rotatable bonds is 3. The van der Waals surface area contributed by atoms with E-state index < -0.39 is 12.7 Å². The van der Waals surface area contributed by atoms with E-state index in [0.717, 1.165) is 0 Å². The maximum absolute atomic E-state index is 12.0. The predicted octanol–water partition coefficient (Wildman–Crippen LogP) is 0.937. The van der Waals surface area contributed by atoms with Crippen LogP contribution in [0.4, 0.5) is 4.39 Å². The monoisotopic (exact) mass is 185 g/mol. The Morgan fingerprint density at radius 2 is 2.00 bits per heavy atom. The molecule has 0 bridgehead atoms. The summed E-state index contributed by atoms with van der Waals surface area (Å²) in [5, 5.41) is 18.1. The topological polar surface area (TPSA) is 66.5 Å². The van der Waals surface area contributed by atoms with Crippen LogP contribution in [0.15, 0.2) is 18.2 Å². The zero-order valence-corrected chi connectivity index (χ0v) is 7.07. The molecule has 0 aliphatic carbocycles. The zero-order valence-electron chi connectivity index (χ0n) is 7.07. The molecule has 3 nitrogen and oxygen atoms in total. The molecule has 0 amide bonds. The van der Waals surface area contributed by atoms with E-state index in [2.05, 4.69) is 0 Å². The van der Waals surface area contributed by atoms with Crippen LogP contribution in [0.1, 0.15) is 5.56 Å². The van der Waals surface area contributed by atoms with Gasteiger partial charge in [0, 0.05) is 6.04 Å². The third-order valence-corrected chi connectivity index (χ3v) is 1.74. The van der Waals surface area contributed by atoms with Gasteiger partial charge in [0.15, 0.2) is 11.5 Å². The van der Waals surface area contributed by atoms with Crippen molar-refractivity contribution in [1.82, 2.24) is 0 Å². The van der Waals surface area contributed by atoms with Gasteiger partial charge in [-0.15, -0.1) is 0 Å². The molecule has 13 heavy (non-hydrogen) atoms. The highest BCUT2D eigenvalue weighted by Gasteiger charge is 2.05. The molecule has 4 N–H and O–H groups in total. The van der Waals surface area contributed by atoms with Crippen LogP contribution < -0.4 is 5.73 Å². The standard InChI is InChI=1S/C9H12FNO2/c10-5-7(11)3-6-1-2-8(12)9(13)4-6/h1-2,4,7,12-13H,3,5,11H2. The molecule has 1 aromatic carbocycles. The van der Waals surface area contributed by atoms with Gasteiger partial charge in [0.2, 0.25) is 0 Å². The van der Waals surface area contributed by atoms with E-state index in [9.17, 15) is 4.39 Å². The quantitative estimate of drug-likeness (QED) is 0.614. The predicted molar refractivity (Wildman–Crippen MR) is 47.4 cm³/mol. The molecular weight excluding hydrogens is 173 g/mol. The van der Waals surface area contributed by atoms with Crippen LogP contribution in [-0.4, -0.2) is 22.9 Å². The SMILES string of the molecule is NC(CF)Cc1ccc(O)c(O)c1. The molecule has 0 radical (unpaired) electrons. The number of hydrogen-bond donors (Lipinski definition) is 3. The summed E-state index contributed by atoms with van der Waals surface area (Å²) in [6.07, 6.45) is 0.352. The van der Waals surface area contributed by atoms with Gasteiger partial charge in [0.05, 0.1) is 0 Å². The Morgan fingerprint density at radius 1 is 1.31 bits per heavy atom. The summed E-state index contributed by atoms with van der Waals surface area (Å²) in [5.41, 5.74) is 6.08. The summed E-state index contributed by atoms with van der Waals surface area (Å²) in [5.74, 6) is -0.388. The molecule has 0 aromatic heterocycles. The number of nitrogens with two attached hydrogens (primary N) is 1. The number of phenolic OH excluding ortho intramolecular Hbond substituents is 2. The first-order chi connectivity index (χ1) is 6.13. The Kier molecular flexibility index (Phi) is 3.08. The van der Waals surface area contributed by atoms with Gasteiger partial charge in [0.25, 0.3) is 0 Å². The summed E-state index contributed by atoms with van der Waals surface area (Å²) < 4.78 is 12.0. The van der Waals surface area contributed by atoms with Crippen molar-refractivity contribution in [2.45, 2.75) is 12.5 Å². The lowest BCUT2D eigenvalue weighted by molar-refractivity contribution is 0.401. The smallest absolute Gasteiger partial charge is 0.157 e. The van der Waals surface area contributed by atoms with Gasteiger partial charge >= 0.3 is 0 Å². The fourth-order valence-corrected chi connectivity index (χ4v) is 1.05. The van der Waals surface area contributed by atoms with E-state index in [-0.39, 0.29) is 11.5 Å². The van der Waals surface area contributed by atoms with Gasteiger partial charge in [0.1, 0.15) is 6.67 Å². The lowest BCUT2D eigenvalue weighted by atomic mass is 10.1. The van der Waals surface area contributed by atoms with Crippen LogP contribution in [0.25, 0.3) is 0 Å². The van der Waals surface area contributed by atoms with Gasteiger partial charge in [-0.05, 0) is 24.1 Å². The number of hydrogen-bond acceptors (Lipinski definition) is 3. The molecule has 1 rings (SSSR count). The molecule has 0 aliphatic rings. The summed E-state index contributed by atoms with van der Waals surface area (Å²) >= 11 is 0.